The van der Waals surface area contributed by atoms with Crippen LogP contribution in [-0.2, 0) is 37.2 Å². The number of carbonyl (C=O) groups excluding carboxylic acids is 1. The van der Waals surface area contributed by atoms with Gasteiger partial charge in [-0.1, -0.05) is 11.6 Å². The van der Waals surface area contributed by atoms with Gasteiger partial charge in [-0.3, -0.25) is 4.90 Å². The lowest BCUT2D eigenvalue weighted by Gasteiger charge is -2.26. The van der Waals surface area contributed by atoms with E-state index in [4.69, 9.17) is 35.3 Å². The van der Waals surface area contributed by atoms with E-state index in [2.05, 4.69) is 9.71 Å². The van der Waals surface area contributed by atoms with Crippen LogP contribution in [0.4, 0.5) is 18.0 Å². The molecule has 0 saturated carbocycles. The largest absolute Gasteiger partial charge is 0.491 e. The Morgan fingerprint density at radius 3 is 2.62 bits per heavy atom. The first-order valence-electron chi connectivity index (χ1n) is 11.9. The lowest BCUT2D eigenvalue weighted by atomic mass is 10.2. The molecule has 2 heterocycles. The second-order valence-electron chi connectivity index (χ2n) is 8.25. The van der Waals surface area contributed by atoms with Crippen molar-refractivity contribution < 1.29 is 50.1 Å². The maximum absolute atomic E-state index is 13.0. The molecular weight excluding hydrogens is 585 g/mol. The van der Waals surface area contributed by atoms with Gasteiger partial charge < -0.3 is 23.7 Å². The normalized spacial score (nSPS) is 14.5. The fourth-order valence-electron chi connectivity index (χ4n) is 3.32. The number of hydrogen-bond donors (Lipinski definition) is 2. The second-order valence-corrected chi connectivity index (χ2v) is 10.2. The van der Waals surface area contributed by atoms with Gasteiger partial charge in [0.2, 0.25) is 5.88 Å². The summed E-state index contributed by atoms with van der Waals surface area (Å²) in [5.74, 6) is -0.0554. The van der Waals surface area contributed by atoms with E-state index >= 15 is 0 Å². The van der Waals surface area contributed by atoms with E-state index in [-0.39, 0.29) is 37.0 Å². The highest BCUT2D eigenvalue weighted by molar-refractivity contribution is 7.88. The van der Waals surface area contributed by atoms with Crippen molar-refractivity contribution in [1.29, 1.82) is 0 Å². The summed E-state index contributed by atoms with van der Waals surface area (Å²) in [6, 6.07) is 5.01. The fraction of sp³-hybridized carbons (Fsp3) is 0.478. The third-order valence-electron chi connectivity index (χ3n) is 5.34. The number of rotatable bonds is 13. The molecule has 0 atom stereocenters. The Kier molecular flexibility index (Phi) is 11.6. The zero-order valence-electron chi connectivity index (χ0n) is 21.3. The van der Waals surface area contributed by atoms with Crippen LogP contribution >= 0.6 is 11.6 Å². The lowest BCUT2D eigenvalue weighted by molar-refractivity contribution is -0.137. The van der Waals surface area contributed by atoms with Gasteiger partial charge in [0.15, 0.2) is 0 Å². The van der Waals surface area contributed by atoms with Crippen LogP contribution in [0.1, 0.15) is 11.1 Å². The van der Waals surface area contributed by atoms with Crippen LogP contribution in [0.5, 0.6) is 17.4 Å². The molecule has 2 aromatic rings. The SMILES string of the molecule is COCCOc1ccc(COC(=O)NS(=O)(=O)NCCN2CCOCC2)c(Oc2ncc(C(F)(F)F)cc2Cl)c1. The second kappa shape index (κ2) is 14.7. The van der Waals surface area contributed by atoms with Crippen molar-refractivity contribution in [2.24, 2.45) is 0 Å². The number of halogens is 4. The van der Waals surface area contributed by atoms with Crippen molar-refractivity contribution in [2.75, 3.05) is 59.7 Å². The van der Waals surface area contributed by atoms with Gasteiger partial charge in [-0.2, -0.15) is 26.3 Å². The van der Waals surface area contributed by atoms with Gasteiger partial charge >= 0.3 is 22.5 Å². The predicted molar refractivity (Wildman–Crippen MR) is 136 cm³/mol. The highest BCUT2D eigenvalue weighted by Crippen LogP contribution is 2.36. The van der Waals surface area contributed by atoms with Crippen molar-refractivity contribution in [1.82, 2.24) is 19.3 Å². The summed E-state index contributed by atoms with van der Waals surface area (Å²) in [4.78, 5) is 17.8. The molecule has 12 nitrogen and oxygen atoms in total. The summed E-state index contributed by atoms with van der Waals surface area (Å²) in [6.07, 6.45) is -5.37. The molecule has 0 radical (unpaired) electrons. The zero-order chi connectivity index (χ0) is 29.2. The van der Waals surface area contributed by atoms with Gasteiger partial charge in [0.1, 0.15) is 29.7 Å². The zero-order valence-corrected chi connectivity index (χ0v) is 22.9. The van der Waals surface area contributed by atoms with Gasteiger partial charge in [0.25, 0.3) is 0 Å². The molecule has 0 spiro atoms. The number of benzene rings is 1. The Morgan fingerprint density at radius 1 is 1.20 bits per heavy atom. The number of hydrogen-bond acceptors (Lipinski definition) is 10. The molecule has 3 rings (SSSR count). The summed E-state index contributed by atoms with van der Waals surface area (Å²) in [5.41, 5.74) is -0.855. The molecule has 1 aliphatic heterocycles. The van der Waals surface area contributed by atoms with Gasteiger partial charge in [-0.05, 0) is 18.2 Å². The molecule has 1 aromatic carbocycles. The number of methoxy groups -OCH3 is 1. The predicted octanol–water partition coefficient (Wildman–Crippen LogP) is 2.96. The van der Waals surface area contributed by atoms with Gasteiger partial charge in [-0.25, -0.2) is 14.5 Å². The smallest absolute Gasteiger partial charge is 0.422 e. The average Bonchev–Trinajstić information content (AvgIpc) is 2.89. The van der Waals surface area contributed by atoms with Crippen LogP contribution in [0.3, 0.4) is 0 Å². The molecular formula is C23H28ClF3N4O8S. The molecule has 40 heavy (non-hydrogen) atoms. The molecule has 2 N–H and O–H groups in total. The highest BCUT2D eigenvalue weighted by atomic mass is 35.5. The number of amides is 1. The molecule has 1 amide bonds. The Labute approximate surface area is 233 Å². The van der Waals surface area contributed by atoms with E-state index < -0.39 is 39.7 Å². The Bertz CT molecular complexity index is 1250. The minimum absolute atomic E-state index is 0.0108. The first-order valence-corrected chi connectivity index (χ1v) is 13.7. The first-order chi connectivity index (χ1) is 19.0. The van der Waals surface area contributed by atoms with Crippen LogP contribution < -0.4 is 18.9 Å². The number of carbonyl (C=O) groups is 1. The number of nitrogens with one attached hydrogen (secondary N) is 2. The summed E-state index contributed by atoms with van der Waals surface area (Å²) in [5, 5.41) is -0.417. The highest BCUT2D eigenvalue weighted by Gasteiger charge is 2.32. The molecule has 17 heteroatoms. The van der Waals surface area contributed by atoms with Crippen LogP contribution in [0, 0.1) is 0 Å². The number of alkyl halides is 3. The standard InChI is InChI=1S/C23H28ClF3N4O8S/c1-35-10-11-37-18-3-2-16(20(13-18)39-21-19(24)12-17(14-28-21)23(25,26)27)15-38-22(32)30-40(33,34)29-4-5-31-6-8-36-9-7-31/h2-3,12-14,29H,4-11,15H2,1H3,(H,30,32). The van der Waals surface area contributed by atoms with Crippen molar-refractivity contribution in [2.45, 2.75) is 12.8 Å². The van der Waals surface area contributed by atoms with Crippen molar-refractivity contribution in [3.63, 3.8) is 0 Å². The minimum Gasteiger partial charge on any atom is -0.491 e. The van der Waals surface area contributed by atoms with Crippen molar-refractivity contribution in [3.05, 3.63) is 46.6 Å². The van der Waals surface area contributed by atoms with Crippen LogP contribution in [0.15, 0.2) is 30.5 Å². The van der Waals surface area contributed by atoms with E-state index in [1.165, 1.54) is 25.3 Å². The van der Waals surface area contributed by atoms with Gasteiger partial charge in [0.05, 0.1) is 25.4 Å². The number of morpholine rings is 1. The molecule has 0 unspecified atom stereocenters. The monoisotopic (exact) mass is 612 g/mol. The molecule has 222 valence electrons. The number of aromatic nitrogens is 1. The minimum atomic E-state index is -4.66. The third-order valence-corrected chi connectivity index (χ3v) is 6.63. The summed E-state index contributed by atoms with van der Waals surface area (Å²) in [7, 11) is -2.71. The summed E-state index contributed by atoms with van der Waals surface area (Å²) >= 11 is 5.96. The van der Waals surface area contributed by atoms with Crippen LogP contribution in [0.2, 0.25) is 5.02 Å². The third kappa shape index (κ3) is 10.3. The molecule has 1 fully saturated rings. The topological polar surface area (TPSA) is 138 Å². The summed E-state index contributed by atoms with van der Waals surface area (Å²) in [6.45, 7) is 2.95. The van der Waals surface area contributed by atoms with E-state index in [1.807, 2.05) is 4.90 Å². The molecule has 0 bridgehead atoms. The van der Waals surface area contributed by atoms with Gasteiger partial charge in [0, 0.05) is 51.1 Å². The Balaban J connectivity index is 1.65. The van der Waals surface area contributed by atoms with Gasteiger partial charge in [-0.15, -0.1) is 0 Å². The number of pyridine rings is 1. The summed E-state index contributed by atoms with van der Waals surface area (Å²) < 4.78 is 93.6. The molecule has 0 aliphatic carbocycles. The van der Waals surface area contributed by atoms with Crippen molar-refractivity contribution in [3.8, 4) is 17.4 Å². The van der Waals surface area contributed by atoms with E-state index in [1.54, 1.807) is 4.72 Å². The van der Waals surface area contributed by atoms with E-state index in [0.29, 0.717) is 50.9 Å². The maximum Gasteiger partial charge on any atom is 0.422 e. The average molecular weight is 613 g/mol. The molecule has 1 aromatic heterocycles. The van der Waals surface area contributed by atoms with E-state index in [0.717, 1.165) is 0 Å². The van der Waals surface area contributed by atoms with Crippen LogP contribution in [-0.4, -0.2) is 84.1 Å². The Morgan fingerprint density at radius 2 is 1.95 bits per heavy atom. The first kappa shape index (κ1) is 31.6. The maximum atomic E-state index is 13.0. The Hall–Kier alpha value is -2.89. The number of nitrogens with zero attached hydrogens (tertiary/aromatic N) is 2. The number of ether oxygens (including phenoxy) is 5. The fourth-order valence-corrected chi connectivity index (χ4v) is 4.24. The lowest BCUT2D eigenvalue weighted by Crippen LogP contribution is -2.45. The van der Waals surface area contributed by atoms with Crippen LogP contribution in [0.25, 0.3) is 0 Å². The molecule has 1 saturated heterocycles. The molecule has 1 aliphatic rings. The van der Waals surface area contributed by atoms with E-state index in [9.17, 15) is 26.4 Å². The quantitative estimate of drug-likeness (QED) is 0.325. The van der Waals surface area contributed by atoms with Crippen molar-refractivity contribution >= 4 is 27.9 Å².